The first-order valence-corrected chi connectivity index (χ1v) is 10.8. The van der Waals surface area contributed by atoms with Gasteiger partial charge in [0.25, 0.3) is 0 Å². The summed E-state index contributed by atoms with van der Waals surface area (Å²) in [7, 11) is 0.777. The number of hydrogen-bond donors (Lipinski definition) is 0. The van der Waals surface area contributed by atoms with E-state index in [2.05, 4.69) is 115 Å². The molecule has 0 spiro atoms. The molecule has 5 aromatic rings. The van der Waals surface area contributed by atoms with Crippen molar-refractivity contribution in [3.63, 3.8) is 0 Å². The van der Waals surface area contributed by atoms with Crippen molar-refractivity contribution in [2.45, 2.75) is 6.92 Å². The van der Waals surface area contributed by atoms with E-state index in [-0.39, 0.29) is 46.5 Å². The second kappa shape index (κ2) is 16.4. The van der Waals surface area contributed by atoms with Gasteiger partial charge in [-0.15, -0.1) is 39.7 Å². The number of fused-ring (bicyclic) bond motifs is 3. The fourth-order valence-electron chi connectivity index (χ4n) is 3.11. The predicted molar refractivity (Wildman–Crippen MR) is 130 cm³/mol. The minimum Gasteiger partial charge on any atom is -1.00 e. The van der Waals surface area contributed by atoms with Crippen LogP contribution in [0.5, 0.6) is 0 Å². The van der Waals surface area contributed by atoms with Crippen molar-refractivity contribution in [2.75, 3.05) is 0 Å². The fourth-order valence-corrected chi connectivity index (χ4v) is 4.17. The maximum Gasteiger partial charge on any atom is 4.00 e. The molecular weight excluding hydrogens is 501 g/mol. The van der Waals surface area contributed by atoms with Gasteiger partial charge < -0.3 is 35.3 Å². The SMILES string of the molecule is CC([NH-])=O.[Cl-].[Cl-].[Ti+4].c1ccc([Si]c2ccccc2)cc1.c1ccc2c(c1)[cH-]c1ccccc12. The van der Waals surface area contributed by atoms with Gasteiger partial charge in [-0.25, -0.2) is 0 Å². The van der Waals surface area contributed by atoms with Gasteiger partial charge in [-0.2, -0.15) is 0 Å². The zero-order valence-corrected chi connectivity index (χ0v) is 22.2. The molecule has 2 radical (unpaired) electrons. The Morgan fingerprint density at radius 3 is 1.30 bits per heavy atom. The zero-order chi connectivity index (χ0) is 21.2. The maximum atomic E-state index is 9.11. The van der Waals surface area contributed by atoms with E-state index < -0.39 is 5.91 Å². The summed E-state index contributed by atoms with van der Waals surface area (Å²) in [5.74, 6) is -0.583. The summed E-state index contributed by atoms with van der Waals surface area (Å²) in [5, 5.41) is 8.19. The van der Waals surface area contributed by atoms with E-state index in [9.17, 15) is 0 Å². The molecule has 33 heavy (non-hydrogen) atoms. The minimum absolute atomic E-state index is 0. The molecule has 5 rings (SSSR count). The van der Waals surface area contributed by atoms with E-state index in [4.69, 9.17) is 10.5 Å². The third-order valence-corrected chi connectivity index (χ3v) is 5.60. The van der Waals surface area contributed by atoms with Crippen LogP contribution in [0.3, 0.4) is 0 Å². The molecule has 0 atom stereocenters. The molecule has 0 aromatic heterocycles. The Morgan fingerprint density at radius 2 is 0.939 bits per heavy atom. The largest absolute Gasteiger partial charge is 4.00 e. The third-order valence-electron chi connectivity index (χ3n) is 4.36. The fraction of sp³-hybridized carbons (Fsp3) is 0.0370. The molecule has 0 aliphatic carbocycles. The van der Waals surface area contributed by atoms with E-state index in [1.165, 1.54) is 38.8 Å². The van der Waals surface area contributed by atoms with Crippen LogP contribution in [0.2, 0.25) is 0 Å². The first-order valence-electron chi connectivity index (χ1n) is 9.76. The smallest absolute Gasteiger partial charge is 1.00 e. The molecule has 1 N–H and O–H groups in total. The molecule has 0 bridgehead atoms. The van der Waals surface area contributed by atoms with E-state index in [1.807, 2.05) is 0 Å². The molecule has 0 aliphatic heterocycles. The van der Waals surface area contributed by atoms with Gasteiger partial charge in [-0.1, -0.05) is 107 Å². The number of amides is 1. The average Bonchev–Trinajstić information content (AvgIpc) is 3.14. The van der Waals surface area contributed by atoms with Gasteiger partial charge in [-0.3, -0.25) is 0 Å². The van der Waals surface area contributed by atoms with Crippen LogP contribution < -0.4 is 35.2 Å². The number of carbonyl (C=O) groups is 1. The molecule has 5 aromatic carbocycles. The van der Waals surface area contributed by atoms with E-state index in [1.54, 1.807) is 0 Å². The van der Waals surface area contributed by atoms with E-state index >= 15 is 0 Å². The molecule has 2 nitrogen and oxygen atoms in total. The summed E-state index contributed by atoms with van der Waals surface area (Å²) in [6.45, 7) is 1.19. The normalized spacial score (nSPS) is 9.00. The van der Waals surface area contributed by atoms with Crippen molar-refractivity contribution in [3.05, 3.63) is 121 Å². The van der Waals surface area contributed by atoms with Crippen LogP contribution >= 0.6 is 0 Å². The van der Waals surface area contributed by atoms with Crippen LogP contribution in [0.1, 0.15) is 6.92 Å². The van der Waals surface area contributed by atoms with Crippen LogP contribution in [0.15, 0.2) is 115 Å². The number of carbonyl (C=O) groups excluding carboxylic acids is 1. The summed E-state index contributed by atoms with van der Waals surface area (Å²) < 4.78 is 0. The Morgan fingerprint density at radius 1 is 0.636 bits per heavy atom. The van der Waals surface area contributed by atoms with Crippen molar-refractivity contribution in [2.24, 2.45) is 0 Å². The monoisotopic (exact) mass is 523 g/mol. The number of hydrogen-bond acceptors (Lipinski definition) is 1. The molecule has 0 saturated carbocycles. The molecule has 0 unspecified atom stereocenters. The van der Waals surface area contributed by atoms with E-state index in [0.717, 1.165) is 9.52 Å². The van der Waals surface area contributed by atoms with Gasteiger partial charge >= 0.3 is 21.7 Å². The van der Waals surface area contributed by atoms with Gasteiger partial charge in [0.15, 0.2) is 0 Å². The van der Waals surface area contributed by atoms with Crippen LogP contribution in [0.4, 0.5) is 0 Å². The molecule has 1 amide bonds. The van der Waals surface area contributed by atoms with Gasteiger partial charge in [0, 0.05) is 5.91 Å². The molecule has 0 heterocycles. The molecule has 0 saturated heterocycles. The molecule has 6 heteroatoms. The topological polar surface area (TPSA) is 40.9 Å². The Hall–Kier alpha value is -2.27. The second-order valence-electron chi connectivity index (χ2n) is 6.73. The Kier molecular flexibility index (Phi) is 15.2. The van der Waals surface area contributed by atoms with Crippen molar-refractivity contribution >= 4 is 47.3 Å². The zero-order valence-electron chi connectivity index (χ0n) is 18.1. The van der Waals surface area contributed by atoms with Crippen molar-refractivity contribution in [1.29, 1.82) is 0 Å². The molecule has 0 aliphatic rings. The number of halogens is 2. The van der Waals surface area contributed by atoms with Crippen LogP contribution in [-0.2, 0) is 26.5 Å². The average molecular weight is 524 g/mol. The Balaban J connectivity index is 0.000000497. The van der Waals surface area contributed by atoms with Crippen molar-refractivity contribution in [3.8, 4) is 0 Å². The standard InChI is InChI=1S/C13H9.C12H10Si.C2H5NO.2ClH.Ti/c1-3-7-12-10(5-1)9-11-6-2-4-8-13(11)12;1-3-7-11(8-4-1)13-12-9-5-2-6-10-12;1-2(3)4;;;/h1-9H;1-10H;1H3,(H2,3,4);2*1H;/q-1;;;;;+4/p-3. The quantitative estimate of drug-likeness (QED) is 0.230. The Bertz CT molecular complexity index is 1120. The van der Waals surface area contributed by atoms with Gasteiger partial charge in [0.05, 0.1) is 0 Å². The summed E-state index contributed by atoms with van der Waals surface area (Å²) in [4.78, 5) is 9.11. The summed E-state index contributed by atoms with van der Waals surface area (Å²) >= 11 is 0. The van der Waals surface area contributed by atoms with E-state index in [0.29, 0.717) is 0 Å². The first kappa shape index (κ1) is 30.7. The molecule has 164 valence electrons. The van der Waals surface area contributed by atoms with Gasteiger partial charge in [-0.05, 0) is 6.92 Å². The van der Waals surface area contributed by atoms with Crippen LogP contribution in [0.25, 0.3) is 27.3 Å². The van der Waals surface area contributed by atoms with Crippen molar-refractivity contribution in [1.82, 2.24) is 0 Å². The van der Waals surface area contributed by atoms with Crippen LogP contribution in [0, 0.1) is 0 Å². The number of nitrogens with one attached hydrogen (secondary N) is 1. The predicted octanol–water partition coefficient (Wildman–Crippen LogP) is -0.356. The second-order valence-corrected chi connectivity index (χ2v) is 8.14. The summed E-state index contributed by atoms with van der Waals surface area (Å²) in [6.07, 6.45) is 0. The maximum absolute atomic E-state index is 9.11. The number of benzene rings is 4. The minimum atomic E-state index is -0.583. The molecule has 0 fully saturated rings. The van der Waals surface area contributed by atoms with Gasteiger partial charge in [0.2, 0.25) is 0 Å². The number of rotatable bonds is 2. The summed E-state index contributed by atoms with van der Waals surface area (Å²) in [5.41, 5.74) is 5.94. The van der Waals surface area contributed by atoms with Crippen molar-refractivity contribution < 1.29 is 51.3 Å². The van der Waals surface area contributed by atoms with Crippen LogP contribution in [-0.4, -0.2) is 15.4 Å². The summed E-state index contributed by atoms with van der Waals surface area (Å²) in [6, 6.07) is 40.4. The first-order chi connectivity index (χ1) is 14.6. The molecular formula is C27H23Cl2NOSiTi. The van der Waals surface area contributed by atoms with Gasteiger partial charge in [0.1, 0.15) is 9.52 Å². The Labute approximate surface area is 225 Å². The third kappa shape index (κ3) is 10.0.